The monoisotopic (exact) mass is 278 g/mol. The first-order valence-corrected chi connectivity index (χ1v) is 8.94. The molecule has 3 nitrogen and oxygen atoms in total. The lowest BCUT2D eigenvalue weighted by Gasteiger charge is -2.46. The van der Waals surface area contributed by atoms with E-state index >= 15 is 0 Å². The van der Waals surface area contributed by atoms with Crippen molar-refractivity contribution < 1.29 is 4.74 Å². The van der Waals surface area contributed by atoms with E-state index in [-0.39, 0.29) is 0 Å². The number of hydrogen-bond donors (Lipinski definition) is 1. The summed E-state index contributed by atoms with van der Waals surface area (Å²) in [5, 5.41) is 3.64. The van der Waals surface area contributed by atoms with E-state index in [9.17, 15) is 0 Å². The Morgan fingerprint density at radius 2 is 1.75 bits per heavy atom. The average Bonchev–Trinajstić information content (AvgIpc) is 3.18. The fraction of sp³-hybridized carbons (Fsp3) is 1.00. The highest BCUT2D eigenvalue weighted by molar-refractivity contribution is 5.01. The topological polar surface area (TPSA) is 24.5 Å². The summed E-state index contributed by atoms with van der Waals surface area (Å²) >= 11 is 0. The molecule has 1 atom stereocenters. The minimum absolute atomic E-state index is 0.307. The lowest BCUT2D eigenvalue weighted by atomic mass is 9.92. The summed E-state index contributed by atoms with van der Waals surface area (Å²) in [7, 11) is 0. The van der Waals surface area contributed by atoms with Gasteiger partial charge in [0.1, 0.15) is 0 Å². The summed E-state index contributed by atoms with van der Waals surface area (Å²) in [6.45, 7) is 4.81. The number of piperazine rings is 1. The van der Waals surface area contributed by atoms with E-state index in [4.69, 9.17) is 4.74 Å². The van der Waals surface area contributed by atoms with E-state index in [1.807, 2.05) is 0 Å². The van der Waals surface area contributed by atoms with Crippen LogP contribution in [0.15, 0.2) is 0 Å². The van der Waals surface area contributed by atoms with Gasteiger partial charge in [0, 0.05) is 31.7 Å². The molecule has 1 unspecified atom stereocenters. The third-order valence-electron chi connectivity index (χ3n) is 6.50. The summed E-state index contributed by atoms with van der Waals surface area (Å²) in [5.41, 5.74) is 0.786. The van der Waals surface area contributed by atoms with Crippen LogP contribution in [0.5, 0.6) is 0 Å². The third-order valence-corrected chi connectivity index (χ3v) is 6.50. The Morgan fingerprint density at radius 1 is 1.00 bits per heavy atom. The van der Waals surface area contributed by atoms with E-state index < -0.39 is 0 Å². The highest BCUT2D eigenvalue weighted by Crippen LogP contribution is 2.44. The molecule has 2 saturated carbocycles. The van der Waals surface area contributed by atoms with E-state index in [0.29, 0.717) is 17.2 Å². The molecule has 0 aromatic rings. The quantitative estimate of drug-likeness (QED) is 0.840. The van der Waals surface area contributed by atoms with Gasteiger partial charge in [0.15, 0.2) is 0 Å². The Morgan fingerprint density at radius 3 is 2.55 bits per heavy atom. The molecule has 20 heavy (non-hydrogen) atoms. The summed E-state index contributed by atoms with van der Waals surface area (Å²) in [4.78, 5) is 2.80. The predicted molar refractivity (Wildman–Crippen MR) is 80.9 cm³/mol. The standard InChI is InChI=1S/C17H30N2O/c1-2-7-16(6-1)14-18-11-12-19(16)13-15-5-10-17(20-15)8-3-4-9-17/h15,18H,1-14H2. The van der Waals surface area contributed by atoms with Crippen LogP contribution in [0.25, 0.3) is 0 Å². The van der Waals surface area contributed by atoms with Crippen LogP contribution in [0.3, 0.4) is 0 Å². The summed E-state index contributed by atoms with van der Waals surface area (Å²) < 4.78 is 6.55. The molecule has 3 heteroatoms. The molecular formula is C17H30N2O. The Labute approximate surface area is 123 Å². The van der Waals surface area contributed by atoms with Crippen molar-refractivity contribution in [2.45, 2.75) is 81.5 Å². The van der Waals surface area contributed by atoms with E-state index in [1.165, 1.54) is 90.4 Å². The number of nitrogens with zero attached hydrogens (tertiary/aromatic N) is 1. The van der Waals surface area contributed by atoms with Crippen LogP contribution >= 0.6 is 0 Å². The zero-order chi connectivity index (χ0) is 13.5. The fourth-order valence-corrected chi connectivity index (χ4v) is 5.35. The Bertz CT molecular complexity index is 345. The summed E-state index contributed by atoms with van der Waals surface area (Å²) in [6, 6.07) is 0. The van der Waals surface area contributed by atoms with Crippen molar-refractivity contribution in [1.82, 2.24) is 10.2 Å². The predicted octanol–water partition coefficient (Wildman–Crippen LogP) is 2.70. The number of nitrogens with one attached hydrogen (secondary N) is 1. The zero-order valence-corrected chi connectivity index (χ0v) is 12.8. The number of rotatable bonds is 2. The first kappa shape index (κ1) is 13.5. The molecule has 4 rings (SSSR count). The molecule has 0 amide bonds. The Hall–Kier alpha value is -0.120. The molecule has 1 N–H and O–H groups in total. The molecular weight excluding hydrogens is 248 g/mol. The molecule has 2 aliphatic heterocycles. The largest absolute Gasteiger partial charge is 0.370 e. The van der Waals surface area contributed by atoms with E-state index in [0.717, 1.165) is 0 Å². The molecule has 0 aromatic heterocycles. The van der Waals surface area contributed by atoms with Crippen molar-refractivity contribution in [3.05, 3.63) is 0 Å². The van der Waals surface area contributed by atoms with Crippen molar-refractivity contribution in [1.29, 1.82) is 0 Å². The van der Waals surface area contributed by atoms with Crippen LogP contribution in [0.4, 0.5) is 0 Å². The molecule has 2 spiro atoms. The van der Waals surface area contributed by atoms with Crippen LogP contribution in [0, 0.1) is 0 Å². The molecule has 2 aliphatic carbocycles. The summed E-state index contributed by atoms with van der Waals surface area (Å²) in [6.07, 6.45) is 14.2. The van der Waals surface area contributed by atoms with Gasteiger partial charge >= 0.3 is 0 Å². The van der Waals surface area contributed by atoms with Gasteiger partial charge in [-0.05, 0) is 38.5 Å². The fourth-order valence-electron chi connectivity index (χ4n) is 5.35. The zero-order valence-electron chi connectivity index (χ0n) is 12.8. The van der Waals surface area contributed by atoms with Gasteiger partial charge in [-0.25, -0.2) is 0 Å². The van der Waals surface area contributed by atoms with Crippen LogP contribution in [0.2, 0.25) is 0 Å². The number of hydrogen-bond acceptors (Lipinski definition) is 3. The normalized spacial score (nSPS) is 36.3. The lowest BCUT2D eigenvalue weighted by molar-refractivity contribution is -0.0640. The minimum Gasteiger partial charge on any atom is -0.370 e. The lowest BCUT2D eigenvalue weighted by Crippen LogP contribution is -2.61. The molecule has 4 fully saturated rings. The Balaban J connectivity index is 1.40. The van der Waals surface area contributed by atoms with Crippen LogP contribution in [0.1, 0.15) is 64.2 Å². The van der Waals surface area contributed by atoms with E-state index in [1.54, 1.807) is 0 Å². The summed E-state index contributed by atoms with van der Waals surface area (Å²) in [5.74, 6) is 0. The van der Waals surface area contributed by atoms with Gasteiger partial charge in [-0.15, -0.1) is 0 Å². The first-order valence-electron chi connectivity index (χ1n) is 8.94. The maximum absolute atomic E-state index is 6.55. The second-order valence-electron chi connectivity index (χ2n) is 7.72. The molecule has 0 aromatic carbocycles. The van der Waals surface area contributed by atoms with Gasteiger partial charge in [-0.2, -0.15) is 0 Å². The van der Waals surface area contributed by atoms with Crippen LogP contribution in [-0.2, 0) is 4.74 Å². The maximum atomic E-state index is 6.55. The van der Waals surface area contributed by atoms with Gasteiger partial charge in [-0.3, -0.25) is 4.90 Å². The van der Waals surface area contributed by atoms with Crippen molar-refractivity contribution in [2.75, 3.05) is 26.2 Å². The molecule has 0 bridgehead atoms. The highest BCUT2D eigenvalue weighted by Gasteiger charge is 2.46. The molecule has 0 radical (unpaired) electrons. The van der Waals surface area contributed by atoms with Crippen molar-refractivity contribution in [2.24, 2.45) is 0 Å². The second-order valence-corrected chi connectivity index (χ2v) is 7.72. The van der Waals surface area contributed by atoms with Crippen molar-refractivity contribution in [3.8, 4) is 0 Å². The van der Waals surface area contributed by atoms with Crippen molar-refractivity contribution in [3.63, 3.8) is 0 Å². The van der Waals surface area contributed by atoms with Crippen LogP contribution < -0.4 is 5.32 Å². The minimum atomic E-state index is 0.307. The van der Waals surface area contributed by atoms with Gasteiger partial charge in [0.2, 0.25) is 0 Å². The first-order chi connectivity index (χ1) is 9.80. The maximum Gasteiger partial charge on any atom is 0.0710 e. The molecule has 114 valence electrons. The van der Waals surface area contributed by atoms with Gasteiger partial charge in [-0.1, -0.05) is 25.7 Å². The smallest absolute Gasteiger partial charge is 0.0710 e. The number of ether oxygens (including phenoxy) is 1. The molecule has 2 saturated heterocycles. The highest BCUT2D eigenvalue weighted by atomic mass is 16.5. The van der Waals surface area contributed by atoms with Gasteiger partial charge in [0.05, 0.1) is 11.7 Å². The Kier molecular flexibility index (Phi) is 3.56. The van der Waals surface area contributed by atoms with Crippen molar-refractivity contribution >= 4 is 0 Å². The van der Waals surface area contributed by atoms with Gasteiger partial charge < -0.3 is 10.1 Å². The van der Waals surface area contributed by atoms with Crippen LogP contribution in [-0.4, -0.2) is 48.3 Å². The van der Waals surface area contributed by atoms with Gasteiger partial charge in [0.25, 0.3) is 0 Å². The molecule has 4 aliphatic rings. The molecule has 2 heterocycles. The second kappa shape index (κ2) is 5.26. The SMILES string of the molecule is C1CCC2(C1)CCC(CN1CCNCC13CCCC3)O2. The third kappa shape index (κ3) is 2.32. The van der Waals surface area contributed by atoms with E-state index in [2.05, 4.69) is 10.2 Å². The average molecular weight is 278 g/mol.